The Kier molecular flexibility index (Phi) is 6.96. The van der Waals surface area contributed by atoms with Crippen LogP contribution in [0.4, 0.5) is 0 Å². The van der Waals surface area contributed by atoms with E-state index >= 15 is 0 Å². The smallest absolute Gasteiger partial charge is 0.379 e. The summed E-state index contributed by atoms with van der Waals surface area (Å²) >= 11 is 0. The molecule has 1 atom stereocenters. The summed E-state index contributed by atoms with van der Waals surface area (Å²) in [6.07, 6.45) is 1.43. The summed E-state index contributed by atoms with van der Waals surface area (Å²) < 4.78 is 15.9. The van der Waals surface area contributed by atoms with Gasteiger partial charge in [0.1, 0.15) is 0 Å². The minimum absolute atomic E-state index is 0.0720. The van der Waals surface area contributed by atoms with Crippen LogP contribution >= 0.6 is 0 Å². The number of hydrazone groups is 1. The predicted octanol–water partition coefficient (Wildman–Crippen LogP) is 3.08. The van der Waals surface area contributed by atoms with Crippen LogP contribution in [0.15, 0.2) is 76.4 Å². The SMILES string of the molecule is CCOc1cc(C=NNC(=O)C(O)c2ccccc2)ccc1OC(=O)c1ccco1. The molecule has 0 saturated heterocycles. The monoisotopic (exact) mass is 408 g/mol. The summed E-state index contributed by atoms with van der Waals surface area (Å²) in [5.74, 6) is -0.685. The van der Waals surface area contributed by atoms with E-state index in [-0.39, 0.29) is 11.5 Å². The Morgan fingerprint density at radius 1 is 1.13 bits per heavy atom. The van der Waals surface area contributed by atoms with Gasteiger partial charge in [-0.3, -0.25) is 4.79 Å². The predicted molar refractivity (Wildman–Crippen MR) is 108 cm³/mol. The Labute approximate surface area is 172 Å². The van der Waals surface area contributed by atoms with E-state index in [0.717, 1.165) is 0 Å². The fraction of sp³-hybridized carbons (Fsp3) is 0.136. The molecular formula is C22H20N2O6. The molecule has 0 spiro atoms. The molecule has 1 amide bonds. The van der Waals surface area contributed by atoms with E-state index in [1.165, 1.54) is 18.5 Å². The second kappa shape index (κ2) is 10.0. The molecule has 3 aromatic rings. The molecule has 1 heterocycles. The molecule has 2 aromatic carbocycles. The highest BCUT2D eigenvalue weighted by Crippen LogP contribution is 2.29. The minimum Gasteiger partial charge on any atom is -0.490 e. The van der Waals surface area contributed by atoms with Gasteiger partial charge in [-0.2, -0.15) is 5.10 Å². The molecule has 0 aliphatic rings. The minimum atomic E-state index is -1.33. The fourth-order valence-corrected chi connectivity index (χ4v) is 2.52. The van der Waals surface area contributed by atoms with Gasteiger partial charge in [0.25, 0.3) is 5.91 Å². The first-order valence-electron chi connectivity index (χ1n) is 9.17. The highest BCUT2D eigenvalue weighted by atomic mass is 16.6. The van der Waals surface area contributed by atoms with Crippen molar-refractivity contribution in [2.75, 3.05) is 6.61 Å². The number of ether oxygens (including phenoxy) is 2. The number of amides is 1. The lowest BCUT2D eigenvalue weighted by Crippen LogP contribution is -2.25. The maximum atomic E-state index is 12.1. The van der Waals surface area contributed by atoms with E-state index in [0.29, 0.717) is 23.5 Å². The zero-order chi connectivity index (χ0) is 21.3. The molecule has 154 valence electrons. The number of benzene rings is 2. The molecule has 0 aliphatic heterocycles. The van der Waals surface area contributed by atoms with Crippen molar-refractivity contribution in [3.63, 3.8) is 0 Å². The summed E-state index contributed by atoms with van der Waals surface area (Å²) in [4.78, 5) is 24.1. The van der Waals surface area contributed by atoms with Crippen molar-refractivity contribution in [3.8, 4) is 11.5 Å². The van der Waals surface area contributed by atoms with Crippen LogP contribution in [0.5, 0.6) is 11.5 Å². The van der Waals surface area contributed by atoms with E-state index in [2.05, 4.69) is 10.5 Å². The molecule has 30 heavy (non-hydrogen) atoms. The van der Waals surface area contributed by atoms with E-state index in [9.17, 15) is 14.7 Å². The highest BCUT2D eigenvalue weighted by Gasteiger charge is 2.17. The number of furan rings is 1. The number of rotatable bonds is 8. The van der Waals surface area contributed by atoms with Gasteiger partial charge in [-0.1, -0.05) is 30.3 Å². The van der Waals surface area contributed by atoms with Gasteiger partial charge in [0.05, 0.1) is 19.1 Å². The van der Waals surface area contributed by atoms with Crippen molar-refractivity contribution in [2.24, 2.45) is 5.10 Å². The molecule has 0 saturated carbocycles. The summed E-state index contributed by atoms with van der Waals surface area (Å²) in [5, 5.41) is 13.9. The van der Waals surface area contributed by atoms with Gasteiger partial charge in [0.15, 0.2) is 17.6 Å². The van der Waals surface area contributed by atoms with E-state index in [1.54, 1.807) is 61.5 Å². The Balaban J connectivity index is 1.66. The number of aliphatic hydroxyl groups excluding tert-OH is 1. The summed E-state index contributed by atoms with van der Waals surface area (Å²) in [5.41, 5.74) is 3.34. The van der Waals surface area contributed by atoms with Gasteiger partial charge in [0, 0.05) is 0 Å². The topological polar surface area (TPSA) is 110 Å². The normalized spacial score (nSPS) is 11.8. The molecule has 2 N–H and O–H groups in total. The third kappa shape index (κ3) is 5.33. The largest absolute Gasteiger partial charge is 0.490 e. The molecule has 0 bridgehead atoms. The molecule has 8 heteroatoms. The number of aliphatic hydroxyl groups is 1. The molecule has 8 nitrogen and oxygen atoms in total. The van der Waals surface area contributed by atoms with Crippen LogP contribution in [0, 0.1) is 0 Å². The number of nitrogens with one attached hydrogen (secondary N) is 1. The van der Waals surface area contributed by atoms with Crippen molar-refractivity contribution < 1.29 is 28.6 Å². The van der Waals surface area contributed by atoms with Crippen LogP contribution in [0.3, 0.4) is 0 Å². The Hall–Kier alpha value is -3.91. The zero-order valence-electron chi connectivity index (χ0n) is 16.1. The number of nitrogens with zero attached hydrogens (tertiary/aromatic N) is 1. The summed E-state index contributed by atoms with van der Waals surface area (Å²) in [6, 6.07) is 16.4. The van der Waals surface area contributed by atoms with E-state index < -0.39 is 18.0 Å². The van der Waals surface area contributed by atoms with Gasteiger partial charge >= 0.3 is 5.97 Å². The lowest BCUT2D eigenvalue weighted by molar-refractivity contribution is -0.129. The summed E-state index contributed by atoms with van der Waals surface area (Å²) in [7, 11) is 0. The number of esters is 1. The van der Waals surface area contributed by atoms with Crippen molar-refractivity contribution in [1.29, 1.82) is 0 Å². The second-order valence-corrected chi connectivity index (χ2v) is 6.05. The van der Waals surface area contributed by atoms with Gasteiger partial charge in [-0.25, -0.2) is 10.2 Å². The first-order chi connectivity index (χ1) is 14.6. The number of carbonyl (C=O) groups is 2. The highest BCUT2D eigenvalue weighted by molar-refractivity contribution is 5.89. The Morgan fingerprint density at radius 2 is 1.93 bits per heavy atom. The molecule has 0 aliphatic carbocycles. The number of hydrogen-bond donors (Lipinski definition) is 2. The van der Waals surface area contributed by atoms with Crippen LogP contribution in [0.2, 0.25) is 0 Å². The first kappa shape index (κ1) is 20.8. The maximum absolute atomic E-state index is 12.1. The Morgan fingerprint density at radius 3 is 2.63 bits per heavy atom. The standard InChI is InChI=1S/C22H20N2O6/c1-2-28-19-13-15(10-11-17(19)30-22(27)18-9-6-12-29-18)14-23-24-21(26)20(25)16-7-4-3-5-8-16/h3-14,20,25H,2H2,1H3,(H,24,26). The molecule has 1 aromatic heterocycles. The molecule has 1 unspecified atom stereocenters. The average Bonchev–Trinajstić information content (AvgIpc) is 3.31. The third-order valence-electron chi connectivity index (χ3n) is 3.94. The van der Waals surface area contributed by atoms with Crippen LogP contribution < -0.4 is 14.9 Å². The quantitative estimate of drug-likeness (QED) is 0.257. The van der Waals surface area contributed by atoms with Gasteiger partial charge in [-0.05, 0) is 48.4 Å². The van der Waals surface area contributed by atoms with Gasteiger partial charge < -0.3 is 19.0 Å². The van der Waals surface area contributed by atoms with Crippen molar-refractivity contribution in [3.05, 3.63) is 83.8 Å². The number of hydrogen-bond acceptors (Lipinski definition) is 7. The molecule has 3 rings (SSSR count). The molecule has 0 fully saturated rings. The lowest BCUT2D eigenvalue weighted by Gasteiger charge is -2.11. The Bertz CT molecular complexity index is 1020. The average molecular weight is 408 g/mol. The van der Waals surface area contributed by atoms with Gasteiger partial charge in [-0.15, -0.1) is 0 Å². The van der Waals surface area contributed by atoms with E-state index in [4.69, 9.17) is 13.9 Å². The van der Waals surface area contributed by atoms with Crippen molar-refractivity contribution >= 4 is 18.1 Å². The first-order valence-corrected chi connectivity index (χ1v) is 9.17. The maximum Gasteiger partial charge on any atom is 0.379 e. The number of carbonyl (C=O) groups excluding carboxylic acids is 2. The lowest BCUT2D eigenvalue weighted by atomic mass is 10.1. The van der Waals surface area contributed by atoms with Crippen molar-refractivity contribution in [1.82, 2.24) is 5.43 Å². The van der Waals surface area contributed by atoms with Crippen molar-refractivity contribution in [2.45, 2.75) is 13.0 Å². The fourth-order valence-electron chi connectivity index (χ4n) is 2.52. The molecular weight excluding hydrogens is 388 g/mol. The third-order valence-corrected chi connectivity index (χ3v) is 3.94. The van der Waals surface area contributed by atoms with Crippen LogP contribution in [-0.4, -0.2) is 29.8 Å². The van der Waals surface area contributed by atoms with Crippen LogP contribution in [0.25, 0.3) is 0 Å². The second-order valence-electron chi connectivity index (χ2n) is 6.05. The van der Waals surface area contributed by atoms with E-state index in [1.807, 2.05) is 0 Å². The summed E-state index contributed by atoms with van der Waals surface area (Å²) in [6.45, 7) is 2.15. The van der Waals surface area contributed by atoms with Crippen LogP contribution in [0.1, 0.15) is 34.7 Å². The molecule has 0 radical (unpaired) electrons. The zero-order valence-corrected chi connectivity index (χ0v) is 16.1. The van der Waals surface area contributed by atoms with Gasteiger partial charge in [0.2, 0.25) is 5.76 Å². The van der Waals surface area contributed by atoms with Crippen LogP contribution in [-0.2, 0) is 4.79 Å².